The summed E-state index contributed by atoms with van der Waals surface area (Å²) in [6.45, 7) is 4.29. The van der Waals surface area contributed by atoms with Crippen molar-refractivity contribution in [3.8, 4) is 5.75 Å². The topological polar surface area (TPSA) is 58.6 Å². The molecule has 5 nitrogen and oxygen atoms in total. The van der Waals surface area contributed by atoms with Gasteiger partial charge in [0.05, 0.1) is 0 Å². The molecule has 200 valence electrons. The quantitative estimate of drug-likeness (QED) is 0.305. The van der Waals surface area contributed by atoms with Gasteiger partial charge in [0.15, 0.2) is 6.61 Å². The van der Waals surface area contributed by atoms with Gasteiger partial charge in [-0.3, -0.25) is 9.59 Å². The van der Waals surface area contributed by atoms with Crippen molar-refractivity contribution < 1.29 is 14.3 Å². The zero-order chi connectivity index (χ0) is 26.9. The Bertz CT molecular complexity index is 1210. The smallest absolute Gasteiger partial charge is 0.261 e. The molecule has 1 N–H and O–H groups in total. The van der Waals surface area contributed by atoms with Crippen molar-refractivity contribution in [1.29, 1.82) is 0 Å². The molecule has 38 heavy (non-hydrogen) atoms. The second-order valence-electron chi connectivity index (χ2n) is 10.3. The molecule has 0 spiro atoms. The Morgan fingerprint density at radius 1 is 0.947 bits per heavy atom. The summed E-state index contributed by atoms with van der Waals surface area (Å²) in [6.07, 6.45) is 4.58. The predicted molar refractivity (Wildman–Crippen MR) is 152 cm³/mol. The molecule has 1 saturated carbocycles. The average molecular weight is 533 g/mol. The highest BCUT2D eigenvalue weighted by Gasteiger charge is 2.32. The predicted octanol–water partition coefficient (Wildman–Crippen LogP) is 6.54. The molecule has 2 amide bonds. The minimum absolute atomic E-state index is 0.126. The van der Waals surface area contributed by atoms with Gasteiger partial charge in [-0.25, -0.2) is 0 Å². The van der Waals surface area contributed by atoms with E-state index < -0.39 is 6.04 Å². The number of nitrogens with zero attached hydrogens (tertiary/aromatic N) is 1. The number of hydrogen-bond donors (Lipinski definition) is 1. The zero-order valence-electron chi connectivity index (χ0n) is 22.2. The highest BCUT2D eigenvalue weighted by atomic mass is 35.5. The second-order valence-corrected chi connectivity index (χ2v) is 10.8. The van der Waals surface area contributed by atoms with Crippen LogP contribution in [-0.4, -0.2) is 35.4 Å². The Morgan fingerprint density at radius 3 is 2.34 bits per heavy atom. The third-order valence-corrected chi connectivity index (χ3v) is 7.34. The Labute approximate surface area is 231 Å². The van der Waals surface area contributed by atoms with Gasteiger partial charge in [-0.2, -0.15) is 0 Å². The minimum atomic E-state index is -0.687. The number of carbonyl (C=O) groups excluding carboxylic acids is 2. The molecule has 0 unspecified atom stereocenters. The van der Waals surface area contributed by atoms with Gasteiger partial charge in [0.25, 0.3) is 5.91 Å². The molecule has 1 fully saturated rings. The lowest BCUT2D eigenvalue weighted by molar-refractivity contribution is -0.143. The van der Waals surface area contributed by atoms with E-state index in [2.05, 4.69) is 19.2 Å². The number of benzene rings is 3. The Kier molecular flexibility index (Phi) is 9.83. The van der Waals surface area contributed by atoms with E-state index in [1.807, 2.05) is 72.8 Å². The van der Waals surface area contributed by atoms with Crippen LogP contribution >= 0.6 is 11.6 Å². The molecule has 1 aliphatic carbocycles. The molecular weight excluding hydrogens is 496 g/mol. The molecule has 0 saturated heterocycles. The van der Waals surface area contributed by atoms with E-state index in [1.165, 1.54) is 0 Å². The first-order valence-corrected chi connectivity index (χ1v) is 13.9. The lowest BCUT2D eigenvalue weighted by atomic mass is 10.0. The molecule has 3 aromatic rings. The van der Waals surface area contributed by atoms with Gasteiger partial charge >= 0.3 is 0 Å². The molecule has 0 heterocycles. The van der Waals surface area contributed by atoms with Crippen molar-refractivity contribution in [3.63, 3.8) is 0 Å². The van der Waals surface area contributed by atoms with Crippen LogP contribution in [0, 0.1) is 0 Å². The third kappa shape index (κ3) is 7.61. The lowest BCUT2D eigenvalue weighted by Gasteiger charge is -2.32. The van der Waals surface area contributed by atoms with Gasteiger partial charge < -0.3 is 15.0 Å². The normalized spacial score (nSPS) is 14.3. The molecule has 1 atom stereocenters. The van der Waals surface area contributed by atoms with Gasteiger partial charge in [0, 0.05) is 24.0 Å². The van der Waals surface area contributed by atoms with Gasteiger partial charge in [-0.05, 0) is 53.6 Å². The standard InChI is InChI=1S/C32H37ClN2O3/c1-23(2)28-17-8-9-18-30(28)38-22-31(36)35(21-25-13-10-14-26(33)19-25)29(20-24-11-4-3-5-12-24)32(37)34-27-15-6-7-16-27/h3-5,8-14,17-19,23,27,29H,6-7,15-16,20-22H2,1-2H3,(H,34,37)/t29-/m1/s1. The van der Waals surface area contributed by atoms with E-state index in [0.717, 1.165) is 42.4 Å². The molecule has 4 rings (SSSR count). The molecule has 0 aromatic heterocycles. The maximum Gasteiger partial charge on any atom is 0.261 e. The van der Waals surface area contributed by atoms with Crippen LogP contribution < -0.4 is 10.1 Å². The summed E-state index contributed by atoms with van der Waals surface area (Å²) < 4.78 is 6.07. The van der Waals surface area contributed by atoms with Gasteiger partial charge in [-0.15, -0.1) is 0 Å². The monoisotopic (exact) mass is 532 g/mol. The lowest BCUT2D eigenvalue weighted by Crippen LogP contribution is -2.53. The maximum absolute atomic E-state index is 13.8. The van der Waals surface area contributed by atoms with E-state index in [9.17, 15) is 9.59 Å². The van der Waals surface area contributed by atoms with Crippen molar-refractivity contribution in [2.24, 2.45) is 0 Å². The summed E-state index contributed by atoms with van der Waals surface area (Å²) in [4.78, 5) is 29.3. The van der Waals surface area contributed by atoms with Crippen LogP contribution in [-0.2, 0) is 22.6 Å². The van der Waals surface area contributed by atoms with E-state index in [0.29, 0.717) is 17.2 Å². The van der Waals surface area contributed by atoms with Gasteiger partial charge in [0.1, 0.15) is 11.8 Å². The first-order chi connectivity index (χ1) is 18.4. The first-order valence-electron chi connectivity index (χ1n) is 13.5. The number of para-hydroxylation sites is 1. The summed E-state index contributed by atoms with van der Waals surface area (Å²) in [5.41, 5.74) is 2.90. The van der Waals surface area contributed by atoms with Gasteiger partial charge in [-0.1, -0.05) is 99.0 Å². The maximum atomic E-state index is 13.8. The second kappa shape index (κ2) is 13.5. The highest BCUT2D eigenvalue weighted by molar-refractivity contribution is 6.30. The van der Waals surface area contributed by atoms with Crippen molar-refractivity contribution in [2.75, 3.05) is 6.61 Å². The number of halogens is 1. The average Bonchev–Trinajstić information content (AvgIpc) is 3.43. The highest BCUT2D eigenvalue weighted by Crippen LogP contribution is 2.26. The van der Waals surface area contributed by atoms with E-state index in [-0.39, 0.29) is 36.9 Å². The van der Waals surface area contributed by atoms with Gasteiger partial charge in [0.2, 0.25) is 5.91 Å². The van der Waals surface area contributed by atoms with E-state index in [4.69, 9.17) is 16.3 Å². The SMILES string of the molecule is CC(C)c1ccccc1OCC(=O)N(Cc1cccc(Cl)c1)[C@H](Cc1ccccc1)C(=O)NC1CCCC1. The summed E-state index contributed by atoms with van der Waals surface area (Å²) in [5, 5.41) is 3.82. The number of amides is 2. The van der Waals surface area contributed by atoms with Crippen molar-refractivity contribution in [3.05, 3.63) is 101 Å². The molecule has 1 aliphatic rings. The molecule has 6 heteroatoms. The van der Waals surface area contributed by atoms with E-state index >= 15 is 0 Å². The fourth-order valence-electron chi connectivity index (χ4n) is 5.06. The molecule has 0 aliphatic heterocycles. The number of carbonyl (C=O) groups is 2. The van der Waals surface area contributed by atoms with Crippen LogP contribution in [0.1, 0.15) is 62.1 Å². The van der Waals surface area contributed by atoms with Crippen LogP contribution in [0.25, 0.3) is 0 Å². The van der Waals surface area contributed by atoms with Crippen LogP contribution in [0.5, 0.6) is 5.75 Å². The van der Waals surface area contributed by atoms with E-state index in [1.54, 1.807) is 11.0 Å². The summed E-state index contributed by atoms with van der Waals surface area (Å²) in [6, 6.07) is 24.5. The van der Waals surface area contributed by atoms with Crippen LogP contribution in [0.4, 0.5) is 0 Å². The molecular formula is C32H37ClN2O3. The summed E-state index contributed by atoms with van der Waals surface area (Å²) >= 11 is 6.27. The third-order valence-electron chi connectivity index (χ3n) is 7.11. The van der Waals surface area contributed by atoms with Crippen molar-refractivity contribution >= 4 is 23.4 Å². The van der Waals surface area contributed by atoms with Crippen molar-refractivity contribution in [1.82, 2.24) is 10.2 Å². The number of rotatable bonds is 11. The van der Waals surface area contributed by atoms with Crippen LogP contribution in [0.2, 0.25) is 5.02 Å². The fourth-order valence-corrected chi connectivity index (χ4v) is 5.28. The molecule has 0 radical (unpaired) electrons. The summed E-state index contributed by atoms with van der Waals surface area (Å²) in [7, 11) is 0. The first kappa shape index (κ1) is 27.7. The zero-order valence-corrected chi connectivity index (χ0v) is 23.0. The van der Waals surface area contributed by atoms with Crippen LogP contribution in [0.3, 0.4) is 0 Å². The largest absolute Gasteiger partial charge is 0.483 e. The number of ether oxygens (including phenoxy) is 1. The molecule has 3 aromatic carbocycles. The van der Waals surface area contributed by atoms with Crippen LogP contribution in [0.15, 0.2) is 78.9 Å². The Balaban J connectivity index is 1.63. The fraction of sp³-hybridized carbons (Fsp3) is 0.375. The van der Waals surface area contributed by atoms with Crippen molar-refractivity contribution in [2.45, 2.75) is 70.5 Å². The number of hydrogen-bond acceptors (Lipinski definition) is 3. The minimum Gasteiger partial charge on any atom is -0.483 e. The summed E-state index contributed by atoms with van der Waals surface area (Å²) in [5.74, 6) is 0.574. The Morgan fingerprint density at radius 2 is 1.63 bits per heavy atom. The number of nitrogens with one attached hydrogen (secondary N) is 1. The molecule has 0 bridgehead atoms. The Hall–Kier alpha value is -3.31.